The highest BCUT2D eigenvalue weighted by Gasteiger charge is 2.18. The Balaban J connectivity index is 1.65. The minimum atomic E-state index is -0.0781. The van der Waals surface area contributed by atoms with E-state index < -0.39 is 0 Å². The number of rotatable bonds is 6. The lowest BCUT2D eigenvalue weighted by atomic mass is 10.2. The zero-order valence-electron chi connectivity index (χ0n) is 14.6. The fourth-order valence-electron chi connectivity index (χ4n) is 3.00. The Hall–Kier alpha value is -2.92. The van der Waals surface area contributed by atoms with Crippen LogP contribution in [0.2, 0.25) is 0 Å². The average molecular weight is 354 g/mol. The summed E-state index contributed by atoms with van der Waals surface area (Å²) in [6, 6.07) is 7.78. The second kappa shape index (κ2) is 8.45. The molecule has 0 spiro atoms. The van der Waals surface area contributed by atoms with Crippen LogP contribution >= 0.6 is 0 Å². The zero-order valence-corrected chi connectivity index (χ0v) is 14.6. The molecule has 0 aromatic carbocycles. The molecule has 0 bridgehead atoms. The third-order valence-corrected chi connectivity index (χ3v) is 4.31. The Morgan fingerprint density at radius 2 is 2.27 bits per heavy atom. The minimum absolute atomic E-state index is 0.0519. The quantitative estimate of drug-likeness (QED) is 0.787. The molecule has 0 saturated carbocycles. The van der Waals surface area contributed by atoms with Gasteiger partial charge in [0.2, 0.25) is 5.91 Å². The predicted molar refractivity (Wildman–Crippen MR) is 95.3 cm³/mol. The van der Waals surface area contributed by atoms with Crippen molar-refractivity contribution >= 4 is 11.7 Å². The van der Waals surface area contributed by atoms with E-state index in [4.69, 9.17) is 10.4 Å². The van der Waals surface area contributed by atoms with E-state index in [0.29, 0.717) is 24.9 Å². The van der Waals surface area contributed by atoms with Gasteiger partial charge in [0.25, 0.3) is 0 Å². The Labute approximate surface area is 152 Å². The van der Waals surface area contributed by atoms with Gasteiger partial charge in [-0.25, -0.2) is 4.98 Å². The molecule has 1 amide bonds. The predicted octanol–water partition coefficient (Wildman–Crippen LogP) is 0.601. The summed E-state index contributed by atoms with van der Waals surface area (Å²) in [4.78, 5) is 18.2. The molecule has 0 radical (unpaired) electrons. The topological polar surface area (TPSA) is 107 Å². The van der Waals surface area contributed by atoms with Crippen molar-refractivity contribution in [3.63, 3.8) is 0 Å². The lowest BCUT2D eigenvalue weighted by molar-refractivity contribution is -0.121. The van der Waals surface area contributed by atoms with E-state index in [1.54, 1.807) is 12.3 Å². The van der Waals surface area contributed by atoms with E-state index in [9.17, 15) is 4.79 Å². The molecule has 0 unspecified atom stereocenters. The summed E-state index contributed by atoms with van der Waals surface area (Å²) in [7, 11) is 0. The number of hydrogen-bond acceptors (Lipinski definition) is 6. The molecule has 1 aliphatic heterocycles. The maximum absolute atomic E-state index is 11.7. The zero-order chi connectivity index (χ0) is 18.4. The molecule has 3 rings (SSSR count). The van der Waals surface area contributed by atoms with Crippen LogP contribution in [0.4, 0.5) is 5.82 Å². The first-order valence-corrected chi connectivity index (χ1v) is 8.74. The second-order valence-electron chi connectivity index (χ2n) is 6.22. The number of amides is 1. The molecule has 8 nitrogen and oxygen atoms in total. The Kier molecular flexibility index (Phi) is 5.81. The molecule has 136 valence electrons. The fraction of sp³-hybridized carbons (Fsp3) is 0.444. The number of carbonyl (C=O) groups excluding carboxylic acids is 1. The van der Waals surface area contributed by atoms with Gasteiger partial charge in [0.05, 0.1) is 30.1 Å². The Morgan fingerprint density at radius 1 is 1.38 bits per heavy atom. The highest BCUT2D eigenvalue weighted by Crippen LogP contribution is 2.20. The molecular formula is C18H22N6O2. The molecule has 1 aliphatic rings. The Bertz CT molecular complexity index is 793. The number of nitrogens with one attached hydrogen (secondary N) is 1. The van der Waals surface area contributed by atoms with Crippen molar-refractivity contribution in [2.24, 2.45) is 0 Å². The summed E-state index contributed by atoms with van der Waals surface area (Å²) in [6.45, 7) is 2.64. The van der Waals surface area contributed by atoms with Crippen molar-refractivity contribution < 1.29 is 9.90 Å². The maximum atomic E-state index is 11.7. The van der Waals surface area contributed by atoms with E-state index in [2.05, 4.69) is 26.4 Å². The van der Waals surface area contributed by atoms with Crippen LogP contribution in [0, 0.1) is 11.3 Å². The molecule has 2 aromatic rings. The van der Waals surface area contributed by atoms with E-state index in [-0.39, 0.29) is 19.1 Å². The number of nitriles is 1. The number of aliphatic hydroxyl groups excluding tert-OH is 1. The number of carbonyl (C=O) groups is 1. The van der Waals surface area contributed by atoms with Gasteiger partial charge in [-0.1, -0.05) is 0 Å². The van der Waals surface area contributed by atoms with Gasteiger partial charge in [-0.3, -0.25) is 9.48 Å². The van der Waals surface area contributed by atoms with Crippen LogP contribution in [0.1, 0.15) is 29.8 Å². The first kappa shape index (κ1) is 17.9. The van der Waals surface area contributed by atoms with Gasteiger partial charge in [-0.15, -0.1) is 0 Å². The smallest absolute Gasteiger partial charge is 0.220 e. The van der Waals surface area contributed by atoms with E-state index in [0.717, 1.165) is 36.7 Å². The number of hydrogen-bond donors (Lipinski definition) is 2. The van der Waals surface area contributed by atoms with Crippen LogP contribution in [0.15, 0.2) is 24.4 Å². The van der Waals surface area contributed by atoms with E-state index in [1.165, 1.54) is 0 Å². The summed E-state index contributed by atoms with van der Waals surface area (Å²) < 4.78 is 2.00. The van der Waals surface area contributed by atoms with Gasteiger partial charge >= 0.3 is 0 Å². The monoisotopic (exact) mass is 354 g/mol. The lowest BCUT2D eigenvalue weighted by Crippen LogP contribution is -2.26. The number of fused-ring (bicyclic) bond motifs is 1. The van der Waals surface area contributed by atoms with Crippen LogP contribution in [0.25, 0.3) is 0 Å². The van der Waals surface area contributed by atoms with Crippen LogP contribution in [-0.2, 0) is 24.3 Å². The third-order valence-electron chi connectivity index (χ3n) is 4.31. The molecule has 0 saturated heterocycles. The minimum Gasteiger partial charge on any atom is -0.395 e. The molecule has 0 atom stereocenters. The summed E-state index contributed by atoms with van der Waals surface area (Å²) in [5.74, 6) is 0.772. The summed E-state index contributed by atoms with van der Waals surface area (Å²) in [6.07, 6.45) is 3.48. The average Bonchev–Trinajstić information content (AvgIpc) is 2.95. The molecule has 8 heteroatoms. The van der Waals surface area contributed by atoms with Gasteiger partial charge in [0.15, 0.2) is 0 Å². The third kappa shape index (κ3) is 4.37. The Morgan fingerprint density at radius 3 is 3.00 bits per heavy atom. The first-order chi connectivity index (χ1) is 12.7. The second-order valence-corrected chi connectivity index (χ2v) is 6.22. The largest absolute Gasteiger partial charge is 0.395 e. The first-order valence-electron chi connectivity index (χ1n) is 8.74. The highest BCUT2D eigenvalue weighted by molar-refractivity contribution is 5.76. The van der Waals surface area contributed by atoms with Crippen molar-refractivity contribution in [1.82, 2.24) is 20.1 Å². The fourth-order valence-corrected chi connectivity index (χ4v) is 3.00. The summed E-state index contributed by atoms with van der Waals surface area (Å²) >= 11 is 0. The number of nitrogens with zero attached hydrogens (tertiary/aromatic N) is 5. The molecular weight excluding hydrogens is 332 g/mol. The maximum Gasteiger partial charge on any atom is 0.220 e. The van der Waals surface area contributed by atoms with E-state index >= 15 is 0 Å². The lowest BCUT2D eigenvalue weighted by Gasteiger charge is -2.20. The molecule has 2 N–H and O–H groups in total. The van der Waals surface area contributed by atoms with Crippen LogP contribution in [0.5, 0.6) is 0 Å². The molecule has 3 heterocycles. The van der Waals surface area contributed by atoms with Crippen LogP contribution < -0.4 is 10.2 Å². The van der Waals surface area contributed by atoms with Crippen molar-refractivity contribution in [2.45, 2.75) is 32.4 Å². The summed E-state index contributed by atoms with van der Waals surface area (Å²) in [5.41, 5.74) is 2.54. The van der Waals surface area contributed by atoms with E-state index in [1.807, 2.05) is 16.8 Å². The number of aliphatic hydroxyl groups is 1. The number of anilines is 1. The van der Waals surface area contributed by atoms with Crippen molar-refractivity contribution in [1.29, 1.82) is 5.26 Å². The van der Waals surface area contributed by atoms with Gasteiger partial charge < -0.3 is 15.3 Å². The van der Waals surface area contributed by atoms with Gasteiger partial charge in [0.1, 0.15) is 11.9 Å². The van der Waals surface area contributed by atoms with Crippen molar-refractivity contribution in [3.8, 4) is 6.07 Å². The number of pyridine rings is 1. The SMILES string of the molecule is N#Cc1ccc(N2CCCn3nc(CCC(=O)NCCO)cc3C2)nc1. The molecule has 0 fully saturated rings. The highest BCUT2D eigenvalue weighted by atomic mass is 16.3. The van der Waals surface area contributed by atoms with Crippen LogP contribution in [-0.4, -0.2) is 45.5 Å². The van der Waals surface area contributed by atoms with Crippen LogP contribution in [0.3, 0.4) is 0 Å². The number of aromatic nitrogens is 3. The standard InChI is InChI=1S/C18H22N6O2/c19-11-14-2-4-17(21-12-14)23-7-1-8-24-16(13-23)10-15(22-24)3-5-18(26)20-6-9-25/h2,4,10,12,25H,1,3,5-9,13H2,(H,20,26). The molecule has 26 heavy (non-hydrogen) atoms. The normalized spacial score (nSPS) is 13.6. The van der Waals surface area contributed by atoms with Crippen molar-refractivity contribution in [3.05, 3.63) is 41.3 Å². The van der Waals surface area contributed by atoms with Gasteiger partial charge in [0, 0.05) is 38.7 Å². The van der Waals surface area contributed by atoms with Crippen molar-refractivity contribution in [2.75, 3.05) is 24.6 Å². The van der Waals surface area contributed by atoms with Gasteiger partial charge in [-0.2, -0.15) is 10.4 Å². The number of aryl methyl sites for hydroxylation is 2. The van der Waals surface area contributed by atoms with Gasteiger partial charge in [-0.05, 0) is 24.6 Å². The molecule has 2 aromatic heterocycles. The molecule has 0 aliphatic carbocycles. The summed E-state index contributed by atoms with van der Waals surface area (Å²) in [5, 5.41) is 24.9.